The molecule has 0 saturated carbocycles. The molecule has 20 heavy (non-hydrogen) atoms. The minimum Gasteiger partial charge on any atom is -0.481 e. The van der Waals surface area contributed by atoms with Crippen LogP contribution in [0.4, 0.5) is 0 Å². The first-order chi connectivity index (χ1) is 9.43. The molecule has 6 heteroatoms. The lowest BCUT2D eigenvalue weighted by Crippen LogP contribution is -2.22. The van der Waals surface area contributed by atoms with Gasteiger partial charge in [0, 0.05) is 24.4 Å². The number of aromatic nitrogens is 3. The third-order valence-corrected chi connectivity index (χ3v) is 3.20. The fourth-order valence-electron chi connectivity index (χ4n) is 2.24. The monoisotopic (exact) mass is 277 g/mol. The van der Waals surface area contributed by atoms with Gasteiger partial charge in [0.15, 0.2) is 0 Å². The standard InChI is InChI=1S/C14H19N3O3/c1-4-5-16-10(7-14(19)20)6-13(18)17-12(16)8-11(15-17)9(2)3/h6,8-9H,4-5,7H2,1-3H3,(H,19,20). The fourth-order valence-corrected chi connectivity index (χ4v) is 2.24. The molecule has 0 radical (unpaired) electrons. The molecule has 108 valence electrons. The largest absolute Gasteiger partial charge is 0.481 e. The van der Waals surface area contributed by atoms with E-state index in [1.165, 1.54) is 10.6 Å². The van der Waals surface area contributed by atoms with E-state index in [-0.39, 0.29) is 17.9 Å². The van der Waals surface area contributed by atoms with Gasteiger partial charge < -0.3 is 9.67 Å². The highest BCUT2D eigenvalue weighted by Gasteiger charge is 2.15. The third kappa shape index (κ3) is 2.59. The SMILES string of the molecule is CCCn1c(CC(=O)O)cc(=O)n2nc(C(C)C)cc12. The molecule has 0 fully saturated rings. The Bertz CT molecular complexity index is 697. The number of rotatable bonds is 5. The maximum absolute atomic E-state index is 12.1. The smallest absolute Gasteiger partial charge is 0.309 e. The van der Waals surface area contributed by atoms with Crippen LogP contribution in [0.1, 0.15) is 44.5 Å². The number of aliphatic carboxylic acids is 1. The van der Waals surface area contributed by atoms with Crippen LogP contribution in [0.15, 0.2) is 16.9 Å². The number of hydrogen-bond donors (Lipinski definition) is 1. The molecule has 0 aliphatic carbocycles. The average molecular weight is 277 g/mol. The fraction of sp³-hybridized carbons (Fsp3) is 0.500. The quantitative estimate of drug-likeness (QED) is 0.901. The molecule has 2 aromatic rings. The number of fused-ring (bicyclic) bond motifs is 1. The molecule has 6 nitrogen and oxygen atoms in total. The summed E-state index contributed by atoms with van der Waals surface area (Å²) in [6.45, 7) is 6.69. The molecule has 0 atom stereocenters. The van der Waals surface area contributed by atoms with E-state index in [1.807, 2.05) is 31.4 Å². The summed E-state index contributed by atoms with van der Waals surface area (Å²) in [7, 11) is 0. The van der Waals surface area contributed by atoms with Crippen molar-refractivity contribution in [1.29, 1.82) is 0 Å². The Hall–Kier alpha value is -2.11. The van der Waals surface area contributed by atoms with Crippen molar-refractivity contribution in [2.75, 3.05) is 0 Å². The molecule has 0 saturated heterocycles. The van der Waals surface area contributed by atoms with Crippen LogP contribution in [0.3, 0.4) is 0 Å². The molecular weight excluding hydrogens is 258 g/mol. The first-order valence-electron chi connectivity index (χ1n) is 6.78. The summed E-state index contributed by atoms with van der Waals surface area (Å²) in [6.07, 6.45) is 0.696. The Balaban J connectivity index is 2.72. The lowest BCUT2D eigenvalue weighted by atomic mass is 10.1. The van der Waals surface area contributed by atoms with Gasteiger partial charge in [-0.1, -0.05) is 20.8 Å². The maximum atomic E-state index is 12.1. The van der Waals surface area contributed by atoms with Gasteiger partial charge in [0.25, 0.3) is 5.56 Å². The van der Waals surface area contributed by atoms with Crippen LogP contribution >= 0.6 is 0 Å². The second kappa shape index (κ2) is 5.48. The molecule has 0 spiro atoms. The van der Waals surface area contributed by atoms with Crippen molar-refractivity contribution >= 4 is 11.6 Å². The number of hydrogen-bond acceptors (Lipinski definition) is 3. The molecule has 0 aliphatic heterocycles. The third-order valence-electron chi connectivity index (χ3n) is 3.20. The summed E-state index contributed by atoms with van der Waals surface area (Å²) in [5, 5.41) is 13.3. The topological polar surface area (TPSA) is 76.6 Å². The first kappa shape index (κ1) is 14.3. The number of nitrogens with zero attached hydrogens (tertiary/aromatic N) is 3. The molecular formula is C14H19N3O3. The van der Waals surface area contributed by atoms with Crippen molar-refractivity contribution in [3.63, 3.8) is 0 Å². The van der Waals surface area contributed by atoms with E-state index < -0.39 is 5.97 Å². The van der Waals surface area contributed by atoms with Gasteiger partial charge in [-0.2, -0.15) is 9.61 Å². The Morgan fingerprint density at radius 3 is 2.65 bits per heavy atom. The molecule has 0 aliphatic rings. The van der Waals surface area contributed by atoms with E-state index in [0.717, 1.165) is 12.1 Å². The van der Waals surface area contributed by atoms with Gasteiger partial charge in [0.2, 0.25) is 0 Å². The zero-order valence-electron chi connectivity index (χ0n) is 12.0. The zero-order valence-corrected chi connectivity index (χ0v) is 12.0. The first-order valence-corrected chi connectivity index (χ1v) is 6.78. The van der Waals surface area contributed by atoms with Crippen LogP contribution < -0.4 is 5.56 Å². The predicted octanol–water partition coefficient (Wildman–Crippen LogP) is 1.66. The van der Waals surface area contributed by atoms with Crippen LogP contribution in [0.5, 0.6) is 0 Å². The van der Waals surface area contributed by atoms with E-state index in [2.05, 4.69) is 5.10 Å². The summed E-state index contributed by atoms with van der Waals surface area (Å²) in [4.78, 5) is 23.0. The number of carboxylic acids is 1. The average Bonchev–Trinajstić information content (AvgIpc) is 2.79. The van der Waals surface area contributed by atoms with Crippen molar-refractivity contribution in [2.24, 2.45) is 0 Å². The second-order valence-corrected chi connectivity index (χ2v) is 5.19. The van der Waals surface area contributed by atoms with E-state index in [1.54, 1.807) is 0 Å². The van der Waals surface area contributed by atoms with E-state index in [0.29, 0.717) is 17.9 Å². The highest BCUT2D eigenvalue weighted by Crippen LogP contribution is 2.16. The van der Waals surface area contributed by atoms with Gasteiger partial charge in [-0.3, -0.25) is 9.59 Å². The zero-order chi connectivity index (χ0) is 14.9. The van der Waals surface area contributed by atoms with Crippen LogP contribution in [0, 0.1) is 0 Å². The van der Waals surface area contributed by atoms with Gasteiger partial charge in [0.1, 0.15) is 5.65 Å². The Kier molecular flexibility index (Phi) is 3.92. The van der Waals surface area contributed by atoms with E-state index in [4.69, 9.17) is 5.11 Å². The lowest BCUT2D eigenvalue weighted by molar-refractivity contribution is -0.136. The molecule has 2 aromatic heterocycles. The Morgan fingerprint density at radius 2 is 2.10 bits per heavy atom. The molecule has 2 rings (SSSR count). The number of carbonyl (C=O) groups is 1. The molecule has 0 bridgehead atoms. The Labute approximate surface area is 116 Å². The van der Waals surface area contributed by atoms with Crippen LogP contribution in [0.25, 0.3) is 5.65 Å². The normalized spacial score (nSPS) is 11.4. The van der Waals surface area contributed by atoms with Gasteiger partial charge in [0.05, 0.1) is 12.1 Å². The van der Waals surface area contributed by atoms with E-state index in [9.17, 15) is 9.59 Å². The van der Waals surface area contributed by atoms with Gasteiger partial charge >= 0.3 is 5.97 Å². The molecule has 0 amide bonds. The molecule has 0 aromatic carbocycles. The summed E-state index contributed by atoms with van der Waals surface area (Å²) in [5.41, 5.74) is 1.74. The number of aryl methyl sites for hydroxylation is 1. The van der Waals surface area contributed by atoms with Crippen molar-refractivity contribution in [3.8, 4) is 0 Å². The maximum Gasteiger partial charge on any atom is 0.309 e. The van der Waals surface area contributed by atoms with Crippen molar-refractivity contribution in [1.82, 2.24) is 14.2 Å². The van der Waals surface area contributed by atoms with Crippen LogP contribution in [-0.4, -0.2) is 25.3 Å². The predicted molar refractivity (Wildman–Crippen MR) is 75.2 cm³/mol. The Morgan fingerprint density at radius 1 is 1.40 bits per heavy atom. The summed E-state index contributed by atoms with van der Waals surface area (Å²) < 4.78 is 3.23. The highest BCUT2D eigenvalue weighted by atomic mass is 16.4. The van der Waals surface area contributed by atoms with Gasteiger partial charge in [-0.25, -0.2) is 0 Å². The summed E-state index contributed by atoms with van der Waals surface area (Å²) in [5.74, 6) is -0.727. The summed E-state index contributed by atoms with van der Waals surface area (Å²) in [6, 6.07) is 3.24. The minimum absolute atomic E-state index is 0.159. The highest BCUT2D eigenvalue weighted by molar-refractivity contribution is 5.69. The van der Waals surface area contributed by atoms with E-state index >= 15 is 0 Å². The lowest BCUT2D eigenvalue weighted by Gasteiger charge is -2.12. The molecule has 0 unspecified atom stereocenters. The minimum atomic E-state index is -0.942. The molecule has 1 N–H and O–H groups in total. The van der Waals surface area contributed by atoms with Gasteiger partial charge in [-0.15, -0.1) is 0 Å². The van der Waals surface area contributed by atoms with Crippen LogP contribution in [-0.2, 0) is 17.8 Å². The van der Waals surface area contributed by atoms with Crippen LogP contribution in [0.2, 0.25) is 0 Å². The van der Waals surface area contributed by atoms with Crippen molar-refractivity contribution in [2.45, 2.75) is 46.1 Å². The second-order valence-electron chi connectivity index (χ2n) is 5.19. The van der Waals surface area contributed by atoms with Crippen molar-refractivity contribution < 1.29 is 9.90 Å². The van der Waals surface area contributed by atoms with Gasteiger partial charge in [-0.05, 0) is 12.3 Å². The van der Waals surface area contributed by atoms with Crippen molar-refractivity contribution in [3.05, 3.63) is 33.9 Å². The number of carboxylic acid groups (broad SMARTS) is 1. The summed E-state index contributed by atoms with van der Waals surface area (Å²) >= 11 is 0. The molecule has 2 heterocycles.